The second kappa shape index (κ2) is 6.91. The van der Waals surface area contributed by atoms with Gasteiger partial charge < -0.3 is 4.90 Å². The van der Waals surface area contributed by atoms with Crippen molar-refractivity contribution < 1.29 is 9.18 Å². The molecule has 1 fully saturated rings. The molecule has 2 aromatic rings. The molecule has 3 rings (SSSR count). The van der Waals surface area contributed by atoms with Crippen LogP contribution in [0.2, 0.25) is 5.02 Å². The van der Waals surface area contributed by atoms with E-state index in [1.807, 2.05) is 43.0 Å². The molecule has 0 aromatic heterocycles. The van der Waals surface area contributed by atoms with E-state index in [0.717, 1.165) is 11.3 Å². The highest BCUT2D eigenvalue weighted by Gasteiger charge is 2.31. The molecule has 24 heavy (non-hydrogen) atoms. The van der Waals surface area contributed by atoms with E-state index < -0.39 is 0 Å². The van der Waals surface area contributed by atoms with Crippen molar-refractivity contribution in [1.82, 2.24) is 4.90 Å². The van der Waals surface area contributed by atoms with Crippen LogP contribution in [-0.2, 0) is 11.3 Å². The van der Waals surface area contributed by atoms with Gasteiger partial charge in [-0.2, -0.15) is 0 Å². The number of halogens is 2. The summed E-state index contributed by atoms with van der Waals surface area (Å²) in [5.74, 6) is -0.311. The van der Waals surface area contributed by atoms with Crippen molar-refractivity contribution in [2.24, 2.45) is 0 Å². The first-order valence-corrected chi connectivity index (χ1v) is 8.37. The second-order valence-corrected chi connectivity index (χ2v) is 6.70. The highest BCUT2D eigenvalue weighted by molar-refractivity contribution is 6.31. The summed E-state index contributed by atoms with van der Waals surface area (Å²) in [6.07, 6.45) is 0. The third-order valence-electron chi connectivity index (χ3n) is 4.45. The van der Waals surface area contributed by atoms with Gasteiger partial charge >= 0.3 is 0 Å². The van der Waals surface area contributed by atoms with Gasteiger partial charge in [0.1, 0.15) is 5.82 Å². The number of amides is 1. The third kappa shape index (κ3) is 3.45. The second-order valence-electron chi connectivity index (χ2n) is 6.30. The number of anilines is 1. The molecule has 1 amide bonds. The Morgan fingerprint density at radius 1 is 1.25 bits per heavy atom. The summed E-state index contributed by atoms with van der Waals surface area (Å²) >= 11 is 6.11. The fraction of sp³-hybridized carbons (Fsp3) is 0.316. The van der Waals surface area contributed by atoms with E-state index in [1.165, 1.54) is 6.07 Å². The van der Waals surface area contributed by atoms with E-state index in [-0.39, 0.29) is 24.3 Å². The minimum Gasteiger partial charge on any atom is -0.310 e. The van der Waals surface area contributed by atoms with Crippen molar-refractivity contribution in [2.75, 3.05) is 18.0 Å². The van der Waals surface area contributed by atoms with Gasteiger partial charge in [-0.1, -0.05) is 29.8 Å². The Kier molecular flexibility index (Phi) is 4.88. The number of benzene rings is 2. The fourth-order valence-electron chi connectivity index (χ4n) is 3.04. The van der Waals surface area contributed by atoms with Gasteiger partial charge in [-0.05, 0) is 43.7 Å². The van der Waals surface area contributed by atoms with Crippen molar-refractivity contribution >= 4 is 23.2 Å². The Morgan fingerprint density at radius 3 is 2.71 bits per heavy atom. The quantitative estimate of drug-likeness (QED) is 0.838. The molecule has 0 saturated carbocycles. The monoisotopic (exact) mass is 346 g/mol. The molecule has 0 bridgehead atoms. The average Bonchev–Trinajstić information content (AvgIpc) is 2.54. The van der Waals surface area contributed by atoms with Crippen molar-refractivity contribution in [3.05, 3.63) is 64.4 Å². The zero-order chi connectivity index (χ0) is 17.3. The summed E-state index contributed by atoms with van der Waals surface area (Å²) in [4.78, 5) is 16.4. The van der Waals surface area contributed by atoms with E-state index in [0.29, 0.717) is 23.7 Å². The summed E-state index contributed by atoms with van der Waals surface area (Å²) in [6.45, 7) is 5.21. The molecule has 0 spiro atoms. The van der Waals surface area contributed by atoms with Crippen LogP contribution in [0.15, 0.2) is 42.5 Å². The van der Waals surface area contributed by atoms with E-state index in [2.05, 4.69) is 0 Å². The largest absolute Gasteiger partial charge is 0.310 e. The van der Waals surface area contributed by atoms with Crippen LogP contribution in [0.3, 0.4) is 0 Å². The topological polar surface area (TPSA) is 23.6 Å². The Labute approximate surface area is 146 Å². The average molecular weight is 347 g/mol. The molecule has 2 aromatic carbocycles. The molecule has 0 unspecified atom stereocenters. The molecular formula is C19H20ClFN2O. The SMILES string of the molecule is Cc1cccc(N2C[C@@H](C)N(Cc3c(F)cccc3Cl)CC2=O)c1. The first kappa shape index (κ1) is 16.9. The number of rotatable bonds is 3. The maximum atomic E-state index is 14.0. The Bertz CT molecular complexity index is 745. The van der Waals surface area contributed by atoms with Crippen LogP contribution in [0.1, 0.15) is 18.1 Å². The summed E-state index contributed by atoms with van der Waals surface area (Å²) in [5, 5.41) is 0.399. The van der Waals surface area contributed by atoms with Crippen molar-refractivity contribution in [3.63, 3.8) is 0 Å². The van der Waals surface area contributed by atoms with Crippen LogP contribution in [0.25, 0.3) is 0 Å². The third-order valence-corrected chi connectivity index (χ3v) is 4.80. The van der Waals surface area contributed by atoms with Crippen LogP contribution in [-0.4, -0.2) is 29.9 Å². The predicted octanol–water partition coefficient (Wildman–Crippen LogP) is 4.02. The van der Waals surface area contributed by atoms with Gasteiger partial charge in [0.15, 0.2) is 0 Å². The minimum absolute atomic E-state index is 0.0196. The summed E-state index contributed by atoms with van der Waals surface area (Å²) in [6, 6.07) is 12.7. The maximum Gasteiger partial charge on any atom is 0.241 e. The smallest absolute Gasteiger partial charge is 0.241 e. The Hall–Kier alpha value is -1.91. The van der Waals surface area contributed by atoms with E-state index >= 15 is 0 Å². The number of hydrogen-bond acceptors (Lipinski definition) is 2. The number of carbonyl (C=O) groups excluding carboxylic acids is 1. The lowest BCUT2D eigenvalue weighted by Crippen LogP contribution is -2.55. The van der Waals surface area contributed by atoms with Crippen molar-refractivity contribution in [2.45, 2.75) is 26.4 Å². The van der Waals surface area contributed by atoms with Gasteiger partial charge in [0, 0.05) is 35.4 Å². The number of hydrogen-bond donors (Lipinski definition) is 0. The summed E-state index contributed by atoms with van der Waals surface area (Å²) in [7, 11) is 0. The normalized spacial score (nSPS) is 18.9. The van der Waals surface area contributed by atoms with Crippen LogP contribution in [0, 0.1) is 12.7 Å². The molecule has 1 aliphatic rings. The molecule has 126 valence electrons. The first-order chi connectivity index (χ1) is 11.5. The lowest BCUT2D eigenvalue weighted by atomic mass is 10.1. The number of carbonyl (C=O) groups is 1. The maximum absolute atomic E-state index is 14.0. The van der Waals surface area contributed by atoms with Gasteiger partial charge in [-0.15, -0.1) is 0 Å². The molecule has 1 atom stereocenters. The van der Waals surface area contributed by atoms with Gasteiger partial charge in [0.2, 0.25) is 5.91 Å². The number of nitrogens with zero attached hydrogens (tertiary/aromatic N) is 2. The molecule has 1 aliphatic heterocycles. The molecular weight excluding hydrogens is 327 g/mol. The lowest BCUT2D eigenvalue weighted by Gasteiger charge is -2.39. The molecule has 3 nitrogen and oxygen atoms in total. The lowest BCUT2D eigenvalue weighted by molar-refractivity contribution is -0.122. The predicted molar refractivity (Wildman–Crippen MR) is 94.8 cm³/mol. The zero-order valence-corrected chi connectivity index (χ0v) is 14.6. The van der Waals surface area contributed by atoms with Gasteiger partial charge in [-0.25, -0.2) is 4.39 Å². The molecule has 1 heterocycles. The standard InChI is InChI=1S/C19H20ClFN2O/c1-13-5-3-6-15(9-13)23-10-14(2)22(12-19(23)24)11-16-17(20)7-4-8-18(16)21/h3-9,14H,10-12H2,1-2H3/t14-/m1/s1. The van der Waals surface area contributed by atoms with E-state index in [4.69, 9.17) is 11.6 Å². The van der Waals surface area contributed by atoms with Crippen LogP contribution in [0.4, 0.5) is 10.1 Å². The van der Waals surface area contributed by atoms with E-state index in [1.54, 1.807) is 17.0 Å². The summed E-state index contributed by atoms with van der Waals surface area (Å²) < 4.78 is 14.0. The molecule has 0 radical (unpaired) electrons. The van der Waals surface area contributed by atoms with Gasteiger partial charge in [-0.3, -0.25) is 9.69 Å². The highest BCUT2D eigenvalue weighted by atomic mass is 35.5. The van der Waals surface area contributed by atoms with Crippen molar-refractivity contribution in [1.29, 1.82) is 0 Å². The van der Waals surface area contributed by atoms with Crippen molar-refractivity contribution in [3.8, 4) is 0 Å². The van der Waals surface area contributed by atoms with Crippen LogP contribution in [0.5, 0.6) is 0 Å². The van der Waals surface area contributed by atoms with Crippen LogP contribution < -0.4 is 4.90 Å². The first-order valence-electron chi connectivity index (χ1n) is 7.99. The van der Waals surface area contributed by atoms with E-state index in [9.17, 15) is 9.18 Å². The Morgan fingerprint density at radius 2 is 2.00 bits per heavy atom. The van der Waals surface area contributed by atoms with Crippen LogP contribution >= 0.6 is 11.6 Å². The molecule has 1 saturated heterocycles. The van der Waals surface area contributed by atoms with Gasteiger partial charge in [0.05, 0.1) is 6.54 Å². The Balaban J connectivity index is 1.77. The minimum atomic E-state index is -0.330. The molecule has 0 aliphatic carbocycles. The number of piperazine rings is 1. The molecule has 5 heteroatoms. The molecule has 0 N–H and O–H groups in total. The number of aryl methyl sites for hydroxylation is 1. The highest BCUT2D eigenvalue weighted by Crippen LogP contribution is 2.25. The van der Waals surface area contributed by atoms with Gasteiger partial charge in [0.25, 0.3) is 0 Å². The summed E-state index contributed by atoms with van der Waals surface area (Å²) in [5.41, 5.74) is 2.48. The fourth-order valence-corrected chi connectivity index (χ4v) is 3.26. The zero-order valence-electron chi connectivity index (χ0n) is 13.8.